The number of carboxylic acids is 1. The van der Waals surface area contributed by atoms with Gasteiger partial charge in [-0.2, -0.15) is 0 Å². The van der Waals surface area contributed by atoms with Gasteiger partial charge in [-0.25, -0.2) is 9.36 Å². The lowest BCUT2D eigenvalue weighted by Crippen LogP contribution is -2.43. The number of esters is 1. The Balaban J connectivity index is 3.96. The Morgan fingerprint density at radius 1 is 0.727 bits per heavy atom. The van der Waals surface area contributed by atoms with E-state index in [1.807, 2.05) is 0 Å². The van der Waals surface area contributed by atoms with Crippen LogP contribution in [-0.4, -0.2) is 64.9 Å². The van der Waals surface area contributed by atoms with Crippen molar-refractivity contribution in [2.24, 2.45) is 0 Å². The number of amides is 1. The number of aliphatic hydroxyl groups excluding tert-OH is 1. The highest BCUT2D eigenvalue weighted by Gasteiger charge is 2.28. The summed E-state index contributed by atoms with van der Waals surface area (Å²) in [6.45, 7) is 2.08. The second-order valence-corrected chi connectivity index (χ2v) is 12.1. The molecule has 0 aromatic carbocycles. The van der Waals surface area contributed by atoms with Gasteiger partial charge in [-0.05, 0) is 51.4 Å². The van der Waals surface area contributed by atoms with Crippen molar-refractivity contribution >= 4 is 25.7 Å². The quantitative estimate of drug-likeness (QED) is 0.0303. The summed E-state index contributed by atoms with van der Waals surface area (Å²) in [5, 5.41) is 21.3. The number of phosphoric acid groups is 1. The highest BCUT2D eigenvalue weighted by molar-refractivity contribution is 7.47. The van der Waals surface area contributed by atoms with Crippen LogP contribution in [0.15, 0.2) is 36.5 Å². The molecular weight excluding hydrogens is 589 g/mol. The van der Waals surface area contributed by atoms with Crippen LogP contribution in [0, 0.1) is 0 Å². The van der Waals surface area contributed by atoms with Gasteiger partial charge in [-0.1, -0.05) is 88.8 Å². The van der Waals surface area contributed by atoms with E-state index >= 15 is 0 Å². The molecule has 0 fully saturated rings. The number of unbranched alkanes of at least 4 members (excludes halogenated alkanes) is 9. The molecule has 0 aromatic rings. The third-order valence-corrected chi connectivity index (χ3v) is 7.35. The van der Waals surface area contributed by atoms with Crippen LogP contribution in [0.5, 0.6) is 0 Å². The molecule has 44 heavy (non-hydrogen) atoms. The zero-order valence-electron chi connectivity index (χ0n) is 26.7. The smallest absolute Gasteiger partial charge is 0.472 e. The van der Waals surface area contributed by atoms with Crippen LogP contribution in [0.4, 0.5) is 0 Å². The van der Waals surface area contributed by atoms with Crippen molar-refractivity contribution in [1.29, 1.82) is 0 Å². The molecule has 12 heteroatoms. The normalized spacial score (nSPS) is 14.6. The van der Waals surface area contributed by atoms with Crippen LogP contribution < -0.4 is 5.32 Å². The zero-order chi connectivity index (χ0) is 32.9. The van der Waals surface area contributed by atoms with Gasteiger partial charge in [0.2, 0.25) is 5.91 Å². The van der Waals surface area contributed by atoms with Gasteiger partial charge in [0.15, 0.2) is 6.04 Å². The van der Waals surface area contributed by atoms with E-state index in [1.54, 1.807) is 6.92 Å². The molecule has 0 aliphatic rings. The molecule has 0 rings (SSSR count). The van der Waals surface area contributed by atoms with E-state index in [2.05, 4.69) is 57.7 Å². The molecular formula is C32H56NO10P. The van der Waals surface area contributed by atoms with Gasteiger partial charge >= 0.3 is 19.8 Å². The summed E-state index contributed by atoms with van der Waals surface area (Å²) in [6, 6.07) is -1.55. The molecule has 0 radical (unpaired) electrons. The second-order valence-electron chi connectivity index (χ2n) is 10.6. The molecule has 0 aliphatic carbocycles. The van der Waals surface area contributed by atoms with E-state index in [1.165, 1.54) is 25.7 Å². The fourth-order valence-corrected chi connectivity index (χ4v) is 4.66. The first-order valence-electron chi connectivity index (χ1n) is 16.0. The molecule has 3 unspecified atom stereocenters. The number of phosphoric ester groups is 1. The van der Waals surface area contributed by atoms with Crippen LogP contribution in [0.2, 0.25) is 0 Å². The first-order chi connectivity index (χ1) is 21.1. The standard InChI is InChI=1S/C32H56NO10P/c1-3-5-6-7-8-9-10-11-12-13-14-15-16-17-18-19-20-21-22-24-30(35)33-29(32(37)38)27-43-44(39,40)42-26-28(34)25-41-31(36)23-4-2/h8-9,11-12,14-15,28-29,34H,3-7,10,13,16-27H2,1-2H3,(H,33,35)(H,37,38)(H,39,40)/b9-8-,12-11-,15-14-. The SMILES string of the molecule is CCCCC/C=C\C/C=C\C/C=C\CCCCCCCCC(=O)NC(COP(=O)(O)OCC(O)COC(=O)CCC)C(=O)O. The Bertz CT molecular complexity index is 905. The predicted octanol–water partition coefficient (Wildman–Crippen LogP) is 6.54. The number of hydrogen-bond acceptors (Lipinski definition) is 8. The maximum Gasteiger partial charge on any atom is 0.472 e. The van der Waals surface area contributed by atoms with Gasteiger partial charge in [0, 0.05) is 12.8 Å². The average Bonchev–Trinajstić information content (AvgIpc) is 2.98. The van der Waals surface area contributed by atoms with Crippen molar-refractivity contribution < 1.29 is 47.8 Å². The molecule has 3 atom stereocenters. The third-order valence-electron chi connectivity index (χ3n) is 6.40. The number of hydrogen-bond donors (Lipinski definition) is 4. The predicted molar refractivity (Wildman–Crippen MR) is 171 cm³/mol. The lowest BCUT2D eigenvalue weighted by molar-refractivity contribution is -0.147. The van der Waals surface area contributed by atoms with E-state index in [0.29, 0.717) is 12.8 Å². The minimum Gasteiger partial charge on any atom is -0.480 e. The Hall–Kier alpha value is -2.30. The Morgan fingerprint density at radius 3 is 1.86 bits per heavy atom. The molecule has 0 spiro atoms. The number of carbonyl (C=O) groups is 3. The van der Waals surface area contributed by atoms with Crippen molar-refractivity contribution in [1.82, 2.24) is 5.32 Å². The van der Waals surface area contributed by atoms with E-state index < -0.39 is 57.6 Å². The van der Waals surface area contributed by atoms with Crippen LogP contribution >= 0.6 is 7.82 Å². The minimum absolute atomic E-state index is 0.130. The van der Waals surface area contributed by atoms with E-state index in [4.69, 9.17) is 4.74 Å². The molecule has 0 aromatic heterocycles. The number of rotatable bonds is 29. The first kappa shape index (κ1) is 41.7. The number of carbonyl (C=O) groups excluding carboxylic acids is 2. The number of aliphatic carboxylic acids is 1. The largest absolute Gasteiger partial charge is 0.480 e. The Morgan fingerprint density at radius 2 is 1.27 bits per heavy atom. The fourth-order valence-electron chi connectivity index (χ4n) is 3.89. The summed E-state index contributed by atoms with van der Waals surface area (Å²) in [5.74, 6) is -2.46. The summed E-state index contributed by atoms with van der Waals surface area (Å²) in [7, 11) is -4.73. The summed E-state index contributed by atoms with van der Waals surface area (Å²) < 4.78 is 26.1. The van der Waals surface area contributed by atoms with Gasteiger partial charge < -0.3 is 25.2 Å². The topological polar surface area (TPSA) is 169 Å². The molecule has 254 valence electrons. The number of nitrogens with one attached hydrogen (secondary N) is 1. The van der Waals surface area contributed by atoms with Gasteiger partial charge in [-0.3, -0.25) is 18.6 Å². The highest BCUT2D eigenvalue weighted by Crippen LogP contribution is 2.43. The van der Waals surface area contributed by atoms with Crippen molar-refractivity contribution in [2.75, 3.05) is 19.8 Å². The zero-order valence-corrected chi connectivity index (χ0v) is 27.6. The molecule has 0 saturated heterocycles. The van der Waals surface area contributed by atoms with Crippen LogP contribution in [0.3, 0.4) is 0 Å². The van der Waals surface area contributed by atoms with Crippen LogP contribution in [-0.2, 0) is 32.7 Å². The third kappa shape index (κ3) is 27.3. The van der Waals surface area contributed by atoms with Crippen molar-refractivity contribution in [3.63, 3.8) is 0 Å². The fraction of sp³-hybridized carbons (Fsp3) is 0.719. The molecule has 11 nitrogen and oxygen atoms in total. The Labute approximate surface area is 263 Å². The average molecular weight is 646 g/mol. The molecule has 0 aliphatic heterocycles. The van der Waals surface area contributed by atoms with Crippen molar-refractivity contribution in [3.05, 3.63) is 36.5 Å². The van der Waals surface area contributed by atoms with Crippen LogP contribution in [0.25, 0.3) is 0 Å². The van der Waals surface area contributed by atoms with Gasteiger partial charge in [-0.15, -0.1) is 0 Å². The number of aliphatic hydroxyl groups is 1. The summed E-state index contributed by atoms with van der Waals surface area (Å²) in [6.07, 6.45) is 26.5. The molecule has 4 N–H and O–H groups in total. The van der Waals surface area contributed by atoms with E-state index in [9.17, 15) is 34.1 Å². The summed E-state index contributed by atoms with van der Waals surface area (Å²) in [5.41, 5.74) is 0. The van der Waals surface area contributed by atoms with Gasteiger partial charge in [0.25, 0.3) is 0 Å². The monoisotopic (exact) mass is 645 g/mol. The van der Waals surface area contributed by atoms with Crippen molar-refractivity contribution in [3.8, 4) is 0 Å². The van der Waals surface area contributed by atoms with E-state index in [-0.39, 0.29) is 12.8 Å². The molecule has 0 bridgehead atoms. The maximum absolute atomic E-state index is 12.2. The number of ether oxygens (including phenoxy) is 1. The lowest BCUT2D eigenvalue weighted by atomic mass is 10.1. The van der Waals surface area contributed by atoms with E-state index in [0.717, 1.165) is 51.4 Å². The maximum atomic E-state index is 12.2. The molecule has 0 heterocycles. The van der Waals surface area contributed by atoms with Gasteiger partial charge in [0.1, 0.15) is 12.7 Å². The lowest BCUT2D eigenvalue weighted by Gasteiger charge is -2.18. The molecule has 1 amide bonds. The minimum atomic E-state index is -4.73. The number of allylic oxidation sites excluding steroid dienone is 6. The summed E-state index contributed by atoms with van der Waals surface area (Å²) >= 11 is 0. The summed E-state index contributed by atoms with van der Waals surface area (Å²) in [4.78, 5) is 44.7. The first-order valence-corrected chi connectivity index (χ1v) is 17.5. The van der Waals surface area contributed by atoms with Gasteiger partial charge in [0.05, 0.1) is 13.2 Å². The second kappa shape index (κ2) is 28.2. The Kier molecular flexibility index (Phi) is 26.7. The molecule has 0 saturated carbocycles. The number of carboxylic acid groups (broad SMARTS) is 1. The van der Waals surface area contributed by atoms with Crippen molar-refractivity contribution in [2.45, 2.75) is 129 Å². The highest BCUT2D eigenvalue weighted by atomic mass is 31.2. The van der Waals surface area contributed by atoms with Crippen LogP contribution in [0.1, 0.15) is 117 Å².